The first-order valence-corrected chi connectivity index (χ1v) is 2.85. The molecule has 0 aliphatic rings. The van der Waals surface area contributed by atoms with Crippen molar-refractivity contribution in [2.75, 3.05) is 0 Å². The molecule has 0 aliphatic heterocycles. The van der Waals surface area contributed by atoms with Crippen molar-refractivity contribution >= 4 is 5.91 Å². The minimum atomic E-state index is -0.887. The summed E-state index contributed by atoms with van der Waals surface area (Å²) in [5.41, 5.74) is -0.462. The van der Waals surface area contributed by atoms with Gasteiger partial charge in [0.25, 0.3) is 11.5 Å². The molecule has 0 aromatic carbocycles. The molecule has 64 valence electrons. The van der Waals surface area contributed by atoms with Crippen molar-refractivity contribution in [3.05, 3.63) is 26.5 Å². The van der Waals surface area contributed by atoms with Crippen molar-refractivity contribution in [3.8, 4) is 0 Å². The Morgan fingerprint density at radius 2 is 2.17 bits per heavy atom. The zero-order valence-electron chi connectivity index (χ0n) is 5.75. The number of hydrogen-bond donors (Lipinski definition) is 4. The number of nitrogens with one attached hydrogen (secondary N) is 3. The van der Waals surface area contributed by atoms with Gasteiger partial charge in [-0.3, -0.25) is 20.0 Å². The van der Waals surface area contributed by atoms with Crippen LogP contribution in [0.2, 0.25) is 0 Å². The first-order chi connectivity index (χ1) is 5.65. The van der Waals surface area contributed by atoms with Crippen LogP contribution in [0.25, 0.3) is 0 Å². The molecule has 0 radical (unpaired) electrons. The second-order valence-electron chi connectivity index (χ2n) is 1.83. The van der Waals surface area contributed by atoms with Crippen molar-refractivity contribution in [1.29, 1.82) is 0 Å². The molecule has 0 atom stereocenters. The van der Waals surface area contributed by atoms with Crippen LogP contribution in [0.4, 0.5) is 0 Å². The van der Waals surface area contributed by atoms with Crippen LogP contribution >= 0.6 is 0 Å². The van der Waals surface area contributed by atoms with Gasteiger partial charge in [-0.05, 0) is 0 Å². The fourth-order valence-electron chi connectivity index (χ4n) is 0.570. The highest BCUT2D eigenvalue weighted by molar-refractivity contribution is 5.91. The van der Waals surface area contributed by atoms with E-state index in [1.54, 1.807) is 5.43 Å². The minimum absolute atomic E-state index is 0.489. The summed E-state index contributed by atoms with van der Waals surface area (Å²) < 4.78 is 0. The SMILES string of the molecule is NNC(=O)c1n[nH]c(=O)[nH]c1=O. The van der Waals surface area contributed by atoms with Crippen molar-refractivity contribution in [2.45, 2.75) is 0 Å². The zero-order chi connectivity index (χ0) is 9.14. The Labute approximate surface area is 64.8 Å². The number of amides is 1. The van der Waals surface area contributed by atoms with Crippen molar-refractivity contribution < 1.29 is 4.79 Å². The summed E-state index contributed by atoms with van der Waals surface area (Å²) in [7, 11) is 0. The molecule has 1 aromatic heterocycles. The molecule has 8 nitrogen and oxygen atoms in total. The summed E-state index contributed by atoms with van der Waals surface area (Å²) in [6, 6.07) is 0. The third-order valence-corrected chi connectivity index (χ3v) is 1.06. The normalized spacial score (nSPS) is 9.42. The third-order valence-electron chi connectivity index (χ3n) is 1.06. The predicted octanol–water partition coefficient (Wildman–Crippen LogP) is -2.94. The Morgan fingerprint density at radius 3 is 2.67 bits per heavy atom. The molecule has 0 spiro atoms. The van der Waals surface area contributed by atoms with Gasteiger partial charge in [-0.25, -0.2) is 15.7 Å². The largest absolute Gasteiger partial charge is 0.342 e. The van der Waals surface area contributed by atoms with Crippen LogP contribution in [0.3, 0.4) is 0 Å². The number of hydrazine groups is 1. The molecule has 0 aliphatic carbocycles. The maximum absolute atomic E-state index is 10.8. The number of carbonyl (C=O) groups is 1. The zero-order valence-corrected chi connectivity index (χ0v) is 5.75. The van der Waals surface area contributed by atoms with Gasteiger partial charge in [-0.2, -0.15) is 5.10 Å². The van der Waals surface area contributed by atoms with Crippen LogP contribution in [-0.2, 0) is 0 Å². The molecular weight excluding hydrogens is 166 g/mol. The quantitative estimate of drug-likeness (QED) is 0.204. The van der Waals surface area contributed by atoms with Crippen LogP contribution < -0.4 is 22.5 Å². The molecule has 12 heavy (non-hydrogen) atoms. The molecule has 8 heteroatoms. The van der Waals surface area contributed by atoms with Gasteiger partial charge in [-0.1, -0.05) is 0 Å². The van der Waals surface area contributed by atoms with E-state index in [9.17, 15) is 14.4 Å². The highest BCUT2D eigenvalue weighted by Gasteiger charge is 2.10. The summed E-state index contributed by atoms with van der Waals surface area (Å²) in [6.07, 6.45) is 0. The van der Waals surface area contributed by atoms with Gasteiger partial charge < -0.3 is 0 Å². The number of hydrogen-bond acceptors (Lipinski definition) is 5. The maximum Gasteiger partial charge on any atom is 0.342 e. The molecule has 0 saturated heterocycles. The van der Waals surface area contributed by atoms with E-state index in [1.807, 2.05) is 10.1 Å². The second kappa shape index (κ2) is 2.96. The van der Waals surface area contributed by atoms with E-state index < -0.39 is 22.9 Å². The Balaban J connectivity index is 3.28. The molecule has 0 saturated carbocycles. The van der Waals surface area contributed by atoms with E-state index >= 15 is 0 Å². The number of carbonyl (C=O) groups excluding carboxylic acids is 1. The smallest absolute Gasteiger partial charge is 0.289 e. The molecule has 0 fully saturated rings. The van der Waals surface area contributed by atoms with Crippen molar-refractivity contribution in [2.24, 2.45) is 5.84 Å². The van der Waals surface area contributed by atoms with E-state index in [0.717, 1.165) is 0 Å². The topological polar surface area (TPSA) is 134 Å². The molecule has 0 unspecified atom stereocenters. The molecule has 1 amide bonds. The summed E-state index contributed by atoms with van der Waals surface area (Å²) in [5, 5.41) is 5.05. The lowest BCUT2D eigenvalue weighted by molar-refractivity contribution is 0.0945. The minimum Gasteiger partial charge on any atom is -0.289 e. The van der Waals surface area contributed by atoms with Gasteiger partial charge in [0.15, 0.2) is 0 Å². The van der Waals surface area contributed by atoms with E-state index in [4.69, 9.17) is 5.84 Å². The van der Waals surface area contributed by atoms with Crippen LogP contribution in [0.1, 0.15) is 10.5 Å². The van der Waals surface area contributed by atoms with Crippen molar-refractivity contribution in [1.82, 2.24) is 20.6 Å². The number of nitrogens with zero attached hydrogens (tertiary/aromatic N) is 1. The fourth-order valence-corrected chi connectivity index (χ4v) is 0.570. The lowest BCUT2D eigenvalue weighted by Crippen LogP contribution is -2.38. The Morgan fingerprint density at radius 1 is 1.50 bits per heavy atom. The first-order valence-electron chi connectivity index (χ1n) is 2.85. The summed E-state index contributed by atoms with van der Waals surface area (Å²) in [5.74, 6) is 3.86. The average Bonchev–Trinajstić information content (AvgIpc) is 2.03. The lowest BCUT2D eigenvalue weighted by atomic mass is 10.4. The van der Waals surface area contributed by atoms with E-state index in [0.29, 0.717) is 0 Å². The van der Waals surface area contributed by atoms with Gasteiger partial charge in [0.2, 0.25) is 5.69 Å². The van der Waals surface area contributed by atoms with Crippen LogP contribution in [0.5, 0.6) is 0 Å². The highest BCUT2D eigenvalue weighted by atomic mass is 16.2. The molecule has 1 aromatic rings. The number of rotatable bonds is 1. The molecule has 1 heterocycles. The van der Waals surface area contributed by atoms with Gasteiger partial charge in [-0.15, -0.1) is 0 Å². The number of nitrogen functional groups attached to an aromatic ring is 1. The Kier molecular flexibility index (Phi) is 2.01. The van der Waals surface area contributed by atoms with Gasteiger partial charge in [0.05, 0.1) is 0 Å². The van der Waals surface area contributed by atoms with E-state index in [-0.39, 0.29) is 0 Å². The monoisotopic (exact) mass is 171 g/mol. The van der Waals surface area contributed by atoms with Crippen LogP contribution in [-0.4, -0.2) is 21.1 Å². The standard InChI is InChI=1S/C4H5N5O3/c5-7-3(11)1-2(10)6-4(12)9-8-1/h5H2,(H,7,11)(H2,6,9,10,12). The van der Waals surface area contributed by atoms with Crippen LogP contribution in [0.15, 0.2) is 9.59 Å². The van der Waals surface area contributed by atoms with Gasteiger partial charge in [0, 0.05) is 0 Å². The average molecular weight is 171 g/mol. The van der Waals surface area contributed by atoms with Gasteiger partial charge >= 0.3 is 5.69 Å². The summed E-state index contributed by atoms with van der Waals surface area (Å²) >= 11 is 0. The molecule has 0 bridgehead atoms. The van der Waals surface area contributed by atoms with Crippen molar-refractivity contribution in [3.63, 3.8) is 0 Å². The highest BCUT2D eigenvalue weighted by Crippen LogP contribution is 1.74. The maximum atomic E-state index is 10.8. The first kappa shape index (κ1) is 8.14. The predicted molar refractivity (Wildman–Crippen MR) is 37.1 cm³/mol. The second-order valence-corrected chi connectivity index (χ2v) is 1.83. The Hall–Kier alpha value is -1.96. The van der Waals surface area contributed by atoms with Gasteiger partial charge in [0.1, 0.15) is 0 Å². The number of H-pyrrole nitrogens is 2. The summed E-state index contributed by atoms with van der Waals surface area (Å²) in [6.45, 7) is 0. The molecule has 1 rings (SSSR count). The fraction of sp³-hybridized carbons (Fsp3) is 0. The molecule has 5 N–H and O–H groups in total. The lowest BCUT2D eigenvalue weighted by Gasteiger charge is -1.93. The number of aromatic nitrogens is 3. The summed E-state index contributed by atoms with van der Waals surface area (Å²) in [4.78, 5) is 33.7. The Bertz CT molecular complexity index is 404. The van der Waals surface area contributed by atoms with E-state index in [2.05, 4.69) is 5.10 Å². The molecular formula is C4H5N5O3. The van der Waals surface area contributed by atoms with E-state index in [1.165, 1.54) is 0 Å². The number of nitrogens with two attached hydrogens (primary N) is 1. The third kappa shape index (κ3) is 1.37. The van der Waals surface area contributed by atoms with Crippen LogP contribution in [0, 0.1) is 0 Å². The number of aromatic amines is 2.